The van der Waals surface area contributed by atoms with Crippen LogP contribution >= 0.6 is 0 Å². The minimum absolute atomic E-state index is 0.136. The van der Waals surface area contributed by atoms with Crippen LogP contribution in [0.4, 0.5) is 4.39 Å². The topological polar surface area (TPSA) is 74.6 Å². The summed E-state index contributed by atoms with van der Waals surface area (Å²) in [7, 11) is 0. The third-order valence-electron chi connectivity index (χ3n) is 12.4. The zero-order chi connectivity index (χ0) is 26.3. The van der Waals surface area contributed by atoms with Gasteiger partial charge in [-0.05, 0) is 127 Å². The van der Waals surface area contributed by atoms with Gasteiger partial charge in [0.1, 0.15) is 5.82 Å². The molecule has 1 aromatic carbocycles. The van der Waals surface area contributed by atoms with Crippen LogP contribution < -0.4 is 0 Å². The summed E-state index contributed by atoms with van der Waals surface area (Å²) in [6, 6.07) is 4.59. The molecule has 0 saturated heterocycles. The number of fused-ring (bicyclic) bond motifs is 7. The first-order valence-corrected chi connectivity index (χ1v) is 14.5. The van der Waals surface area contributed by atoms with Gasteiger partial charge in [0.2, 0.25) is 0 Å². The van der Waals surface area contributed by atoms with Gasteiger partial charge in [-0.3, -0.25) is 4.79 Å². The van der Waals surface area contributed by atoms with Gasteiger partial charge in [-0.15, -0.1) is 0 Å². The van der Waals surface area contributed by atoms with Crippen molar-refractivity contribution in [3.63, 3.8) is 0 Å². The van der Waals surface area contributed by atoms with E-state index in [-0.39, 0.29) is 16.4 Å². The normalized spacial score (nSPS) is 42.0. The molecular formula is C32H41FO4. The fraction of sp³-hybridized carbons (Fsp3) is 0.688. The van der Waals surface area contributed by atoms with Crippen molar-refractivity contribution in [3.05, 3.63) is 41.2 Å². The number of hydrogen-bond donors (Lipinski definition) is 2. The van der Waals surface area contributed by atoms with Crippen molar-refractivity contribution in [1.82, 2.24) is 0 Å². The molecule has 5 heteroatoms. The van der Waals surface area contributed by atoms with Gasteiger partial charge < -0.3 is 10.2 Å². The van der Waals surface area contributed by atoms with E-state index in [1.807, 2.05) is 0 Å². The minimum Gasteiger partial charge on any atom is -0.481 e. The second-order valence-corrected chi connectivity index (χ2v) is 13.9. The van der Waals surface area contributed by atoms with E-state index in [0.29, 0.717) is 35.5 Å². The largest absolute Gasteiger partial charge is 0.481 e. The summed E-state index contributed by atoms with van der Waals surface area (Å²) in [6.07, 6.45) is 13.0. The van der Waals surface area contributed by atoms with E-state index in [1.165, 1.54) is 31.4 Å². The third-order valence-corrected chi connectivity index (χ3v) is 12.4. The zero-order valence-electron chi connectivity index (χ0n) is 22.4. The van der Waals surface area contributed by atoms with Gasteiger partial charge in [-0.2, -0.15) is 0 Å². The van der Waals surface area contributed by atoms with Crippen LogP contribution in [0.15, 0.2) is 24.3 Å². The van der Waals surface area contributed by atoms with E-state index in [1.54, 1.807) is 6.07 Å². The van der Waals surface area contributed by atoms with Crippen molar-refractivity contribution in [1.29, 1.82) is 0 Å². The van der Waals surface area contributed by atoms with E-state index in [2.05, 4.69) is 26.8 Å². The number of aromatic carboxylic acids is 1. The van der Waals surface area contributed by atoms with Crippen LogP contribution in [0.2, 0.25) is 0 Å². The Kier molecular flexibility index (Phi) is 5.71. The molecule has 5 aliphatic carbocycles. The summed E-state index contributed by atoms with van der Waals surface area (Å²) < 4.78 is 14.6. The van der Waals surface area contributed by atoms with Gasteiger partial charge in [-0.25, -0.2) is 9.18 Å². The van der Waals surface area contributed by atoms with E-state index in [0.717, 1.165) is 56.1 Å². The van der Waals surface area contributed by atoms with Crippen LogP contribution in [0.1, 0.15) is 101 Å². The highest BCUT2D eigenvalue weighted by atomic mass is 19.1. The quantitative estimate of drug-likeness (QED) is 0.439. The zero-order valence-corrected chi connectivity index (χ0v) is 22.4. The molecule has 37 heavy (non-hydrogen) atoms. The van der Waals surface area contributed by atoms with Gasteiger partial charge in [0, 0.05) is 0 Å². The van der Waals surface area contributed by atoms with E-state index in [4.69, 9.17) is 0 Å². The molecule has 6 unspecified atom stereocenters. The molecule has 200 valence electrons. The highest BCUT2D eigenvalue weighted by Crippen LogP contribution is 2.69. The average Bonchev–Trinajstić information content (AvgIpc) is 3.29. The first-order valence-electron chi connectivity index (χ1n) is 14.5. The Labute approximate surface area is 219 Å². The van der Waals surface area contributed by atoms with Crippen molar-refractivity contribution >= 4 is 17.5 Å². The van der Waals surface area contributed by atoms with Crippen LogP contribution in [0.5, 0.6) is 0 Å². The number of hydrogen-bond acceptors (Lipinski definition) is 2. The molecule has 5 aliphatic rings. The van der Waals surface area contributed by atoms with E-state index < -0.39 is 23.2 Å². The highest BCUT2D eigenvalue weighted by molar-refractivity contribution is 5.88. The molecule has 0 aromatic heterocycles. The Morgan fingerprint density at radius 1 is 0.892 bits per heavy atom. The molecule has 2 N–H and O–H groups in total. The van der Waals surface area contributed by atoms with Crippen LogP contribution in [-0.4, -0.2) is 22.2 Å². The van der Waals surface area contributed by atoms with Crippen LogP contribution in [0.25, 0.3) is 5.57 Å². The van der Waals surface area contributed by atoms with Crippen molar-refractivity contribution in [2.24, 2.45) is 51.8 Å². The van der Waals surface area contributed by atoms with Crippen molar-refractivity contribution < 1.29 is 24.2 Å². The Hall–Kier alpha value is -2.17. The number of benzene rings is 1. The monoisotopic (exact) mass is 508 g/mol. The summed E-state index contributed by atoms with van der Waals surface area (Å²) in [5, 5.41) is 19.5. The minimum atomic E-state index is -1.23. The molecule has 0 bridgehead atoms. The second-order valence-electron chi connectivity index (χ2n) is 13.9. The highest BCUT2D eigenvalue weighted by Gasteiger charge is 2.63. The molecule has 4 nitrogen and oxygen atoms in total. The van der Waals surface area contributed by atoms with Gasteiger partial charge in [0.05, 0.1) is 11.0 Å². The Bertz CT molecular complexity index is 1170. The standard InChI is InChI=1S/C32H41FO4/c1-30(2)23(18-6-7-22(28(34)35)26(33)17-18)13-15-31(3)24-10-8-21-19(20(24)9-11-27(30)31)12-16-32(29(36)37)14-4-5-25(21)32/h6-7,13,17,19-21,24-25,27H,4-5,8-12,14-16H2,1-3H3,(H,34,35)(H,36,37)/t19?,20?,21?,24?,25?,27?,31-,32+/m1/s1. The number of aliphatic carboxylic acids is 1. The second kappa shape index (κ2) is 8.41. The lowest BCUT2D eigenvalue weighted by atomic mass is 9.40. The van der Waals surface area contributed by atoms with Gasteiger partial charge in [0.15, 0.2) is 0 Å². The predicted molar refractivity (Wildman–Crippen MR) is 140 cm³/mol. The Morgan fingerprint density at radius 2 is 1.62 bits per heavy atom. The molecule has 0 aliphatic heterocycles. The maximum atomic E-state index is 14.6. The molecule has 0 amide bonds. The fourth-order valence-corrected chi connectivity index (χ4v) is 11.0. The SMILES string of the molecule is CC1(C)C(c2ccc(C(=O)O)c(F)c2)=CC[C@]2(C)C3CCC4C(CC[C@@]5(C(=O)O)CCCC45)C3CCC12. The number of carboxylic acids is 2. The van der Waals surface area contributed by atoms with Crippen LogP contribution in [-0.2, 0) is 4.79 Å². The summed E-state index contributed by atoms with van der Waals surface area (Å²) in [5.74, 6) is 0.986. The number of allylic oxidation sites excluding steroid dienone is 2. The van der Waals surface area contributed by atoms with Crippen molar-refractivity contribution in [2.45, 2.75) is 85.0 Å². The first kappa shape index (κ1) is 25.1. The maximum Gasteiger partial charge on any atom is 0.338 e. The van der Waals surface area contributed by atoms with E-state index >= 15 is 0 Å². The molecule has 0 heterocycles. The molecular weight excluding hydrogens is 467 g/mol. The molecule has 4 fully saturated rings. The molecule has 0 spiro atoms. The van der Waals surface area contributed by atoms with Crippen LogP contribution in [0, 0.1) is 57.6 Å². The average molecular weight is 509 g/mol. The van der Waals surface area contributed by atoms with Crippen molar-refractivity contribution in [2.75, 3.05) is 0 Å². The van der Waals surface area contributed by atoms with Crippen LogP contribution in [0.3, 0.4) is 0 Å². The lowest BCUT2D eigenvalue weighted by molar-refractivity contribution is -0.166. The number of carbonyl (C=O) groups is 2. The van der Waals surface area contributed by atoms with E-state index in [9.17, 15) is 24.2 Å². The summed E-state index contributed by atoms with van der Waals surface area (Å²) in [4.78, 5) is 23.7. The van der Waals surface area contributed by atoms with Crippen molar-refractivity contribution in [3.8, 4) is 0 Å². The fourth-order valence-electron chi connectivity index (χ4n) is 11.0. The van der Waals surface area contributed by atoms with Gasteiger partial charge >= 0.3 is 11.9 Å². The van der Waals surface area contributed by atoms with Gasteiger partial charge in [-0.1, -0.05) is 39.3 Å². The molecule has 1 aromatic rings. The molecule has 4 saturated carbocycles. The predicted octanol–water partition coefficient (Wildman–Crippen LogP) is 7.68. The Morgan fingerprint density at radius 3 is 2.32 bits per heavy atom. The summed E-state index contributed by atoms with van der Waals surface area (Å²) in [6.45, 7) is 7.10. The summed E-state index contributed by atoms with van der Waals surface area (Å²) in [5.41, 5.74) is 1.26. The Balaban J connectivity index is 1.30. The lowest BCUT2D eigenvalue weighted by Gasteiger charge is -2.64. The number of rotatable bonds is 3. The smallest absolute Gasteiger partial charge is 0.338 e. The first-order chi connectivity index (χ1) is 17.5. The molecule has 0 radical (unpaired) electrons. The molecule has 8 atom stereocenters. The molecule has 6 rings (SSSR count). The third kappa shape index (κ3) is 3.44. The lowest BCUT2D eigenvalue weighted by Crippen LogP contribution is -2.57. The summed E-state index contributed by atoms with van der Waals surface area (Å²) >= 11 is 0. The van der Waals surface area contributed by atoms with Gasteiger partial charge in [0.25, 0.3) is 0 Å². The maximum absolute atomic E-state index is 14.6. The number of carboxylic acid groups (broad SMARTS) is 2. The number of halogens is 1.